The van der Waals surface area contributed by atoms with Gasteiger partial charge in [-0.15, -0.1) is 0 Å². The van der Waals surface area contributed by atoms with E-state index in [4.69, 9.17) is 0 Å². The topological polar surface area (TPSA) is 57.8 Å². The van der Waals surface area contributed by atoms with Crippen molar-refractivity contribution in [2.75, 3.05) is 5.32 Å². The molecule has 2 N–H and O–H groups in total. The number of rotatable bonds is 4. The summed E-state index contributed by atoms with van der Waals surface area (Å²) in [5.74, 6) is 1.49. The van der Waals surface area contributed by atoms with Gasteiger partial charge < -0.3 is 5.32 Å². The number of H-pyrrole nitrogens is 1. The number of carbonyl (C=O) groups is 1. The SMILES string of the molecule is Cc1cc(NC(=O)CCC2CCCC2)n[nH]1. The Morgan fingerprint density at radius 2 is 2.31 bits per heavy atom. The third-order valence-corrected chi connectivity index (χ3v) is 3.23. The number of nitrogens with zero attached hydrogens (tertiary/aromatic N) is 1. The first-order valence-corrected chi connectivity index (χ1v) is 6.06. The highest BCUT2D eigenvalue weighted by Gasteiger charge is 2.16. The average molecular weight is 221 g/mol. The Morgan fingerprint density at radius 1 is 1.56 bits per heavy atom. The summed E-state index contributed by atoms with van der Waals surface area (Å²) in [4.78, 5) is 11.6. The highest BCUT2D eigenvalue weighted by molar-refractivity contribution is 5.89. The molecule has 4 nitrogen and oxygen atoms in total. The summed E-state index contributed by atoms with van der Waals surface area (Å²) < 4.78 is 0. The molecule has 4 heteroatoms. The number of amides is 1. The Balaban J connectivity index is 1.71. The van der Waals surface area contributed by atoms with Crippen LogP contribution < -0.4 is 5.32 Å². The maximum absolute atomic E-state index is 11.6. The van der Waals surface area contributed by atoms with Gasteiger partial charge in [-0.3, -0.25) is 9.89 Å². The molecule has 1 saturated carbocycles. The van der Waals surface area contributed by atoms with Crippen LogP contribution in [0.3, 0.4) is 0 Å². The van der Waals surface area contributed by atoms with Gasteiger partial charge in [-0.25, -0.2) is 0 Å². The van der Waals surface area contributed by atoms with E-state index in [1.807, 2.05) is 13.0 Å². The molecule has 0 atom stereocenters. The summed E-state index contributed by atoms with van der Waals surface area (Å²) in [5, 5.41) is 9.59. The van der Waals surface area contributed by atoms with Crippen molar-refractivity contribution in [2.24, 2.45) is 5.92 Å². The predicted molar refractivity (Wildman–Crippen MR) is 63.1 cm³/mol. The summed E-state index contributed by atoms with van der Waals surface area (Å²) in [6.07, 6.45) is 6.92. The van der Waals surface area contributed by atoms with E-state index in [9.17, 15) is 4.79 Å². The molecule has 0 aliphatic heterocycles. The second-order valence-corrected chi connectivity index (χ2v) is 4.67. The molecule has 1 aliphatic carbocycles. The first-order valence-electron chi connectivity index (χ1n) is 6.06. The highest BCUT2D eigenvalue weighted by atomic mass is 16.1. The Labute approximate surface area is 95.8 Å². The van der Waals surface area contributed by atoms with Crippen LogP contribution in [0.2, 0.25) is 0 Å². The number of carbonyl (C=O) groups excluding carboxylic acids is 1. The zero-order chi connectivity index (χ0) is 11.4. The average Bonchev–Trinajstić information content (AvgIpc) is 2.87. The van der Waals surface area contributed by atoms with E-state index in [1.165, 1.54) is 25.7 Å². The van der Waals surface area contributed by atoms with Crippen LogP contribution in [0.15, 0.2) is 6.07 Å². The first-order chi connectivity index (χ1) is 7.74. The van der Waals surface area contributed by atoms with Gasteiger partial charge in [0.05, 0.1) is 0 Å². The quantitative estimate of drug-likeness (QED) is 0.821. The lowest BCUT2D eigenvalue weighted by atomic mass is 10.0. The zero-order valence-corrected chi connectivity index (χ0v) is 9.75. The fourth-order valence-corrected chi connectivity index (χ4v) is 2.32. The molecular formula is C12H19N3O. The van der Waals surface area contributed by atoms with Gasteiger partial charge in [-0.1, -0.05) is 25.7 Å². The molecule has 1 fully saturated rings. The monoisotopic (exact) mass is 221 g/mol. The second-order valence-electron chi connectivity index (χ2n) is 4.67. The molecule has 0 aromatic carbocycles. The van der Waals surface area contributed by atoms with Gasteiger partial charge in [-0.2, -0.15) is 5.10 Å². The van der Waals surface area contributed by atoms with E-state index < -0.39 is 0 Å². The van der Waals surface area contributed by atoms with Crippen molar-refractivity contribution >= 4 is 11.7 Å². The van der Waals surface area contributed by atoms with Gasteiger partial charge in [0.15, 0.2) is 5.82 Å². The van der Waals surface area contributed by atoms with Gasteiger partial charge in [0, 0.05) is 18.2 Å². The number of anilines is 1. The van der Waals surface area contributed by atoms with Gasteiger partial charge in [0.1, 0.15) is 0 Å². The Kier molecular flexibility index (Phi) is 3.59. The van der Waals surface area contributed by atoms with Crippen molar-refractivity contribution < 1.29 is 4.79 Å². The molecule has 0 unspecified atom stereocenters. The van der Waals surface area contributed by atoms with Crippen LogP contribution in [0, 0.1) is 12.8 Å². The van der Waals surface area contributed by atoms with Crippen LogP contribution in [0.4, 0.5) is 5.82 Å². The second kappa shape index (κ2) is 5.14. The minimum atomic E-state index is 0.0819. The summed E-state index contributed by atoms with van der Waals surface area (Å²) in [7, 11) is 0. The van der Waals surface area contributed by atoms with Crippen molar-refractivity contribution in [3.63, 3.8) is 0 Å². The van der Waals surface area contributed by atoms with Crippen LogP contribution in [-0.4, -0.2) is 16.1 Å². The molecule has 1 aliphatic rings. The Hall–Kier alpha value is -1.32. The standard InChI is InChI=1S/C12H19N3O/c1-9-8-11(15-14-9)13-12(16)7-6-10-4-2-3-5-10/h8,10H,2-7H2,1H3,(H2,13,14,15,16). The fraction of sp³-hybridized carbons (Fsp3) is 0.667. The lowest BCUT2D eigenvalue weighted by Gasteiger charge is -2.07. The Morgan fingerprint density at radius 3 is 2.94 bits per heavy atom. The van der Waals surface area contributed by atoms with Gasteiger partial charge >= 0.3 is 0 Å². The van der Waals surface area contributed by atoms with Crippen molar-refractivity contribution in [1.82, 2.24) is 10.2 Å². The minimum absolute atomic E-state index is 0.0819. The predicted octanol–water partition coefficient (Wildman–Crippen LogP) is 2.63. The third kappa shape index (κ3) is 3.08. The fourth-order valence-electron chi connectivity index (χ4n) is 2.32. The summed E-state index contributed by atoms with van der Waals surface area (Å²) in [6.45, 7) is 1.92. The summed E-state index contributed by atoms with van der Waals surface area (Å²) >= 11 is 0. The highest BCUT2D eigenvalue weighted by Crippen LogP contribution is 2.28. The summed E-state index contributed by atoms with van der Waals surface area (Å²) in [6, 6.07) is 1.84. The van der Waals surface area contributed by atoms with Crippen LogP contribution in [-0.2, 0) is 4.79 Å². The largest absolute Gasteiger partial charge is 0.309 e. The lowest BCUT2D eigenvalue weighted by Crippen LogP contribution is -2.12. The number of nitrogens with one attached hydrogen (secondary N) is 2. The molecule has 88 valence electrons. The number of aromatic nitrogens is 2. The van der Waals surface area contributed by atoms with E-state index in [1.54, 1.807) is 0 Å². The molecule has 0 radical (unpaired) electrons. The van der Waals surface area contributed by atoms with E-state index in [-0.39, 0.29) is 5.91 Å². The van der Waals surface area contributed by atoms with Gasteiger partial charge in [-0.05, 0) is 19.3 Å². The first kappa shape index (κ1) is 11.2. The minimum Gasteiger partial charge on any atom is -0.309 e. The van der Waals surface area contributed by atoms with E-state index in [2.05, 4.69) is 15.5 Å². The molecule has 1 aromatic heterocycles. The molecule has 16 heavy (non-hydrogen) atoms. The van der Waals surface area contributed by atoms with Crippen LogP contribution >= 0.6 is 0 Å². The van der Waals surface area contributed by atoms with E-state index in [0.717, 1.165) is 18.0 Å². The van der Waals surface area contributed by atoms with Crippen molar-refractivity contribution in [3.8, 4) is 0 Å². The van der Waals surface area contributed by atoms with Gasteiger partial charge in [0.25, 0.3) is 0 Å². The molecule has 0 bridgehead atoms. The van der Waals surface area contributed by atoms with Crippen molar-refractivity contribution in [3.05, 3.63) is 11.8 Å². The number of aromatic amines is 1. The number of hydrogen-bond donors (Lipinski definition) is 2. The molecule has 1 aromatic rings. The molecule has 1 amide bonds. The smallest absolute Gasteiger partial charge is 0.225 e. The molecule has 0 spiro atoms. The number of hydrogen-bond acceptors (Lipinski definition) is 2. The Bertz CT molecular complexity index is 353. The van der Waals surface area contributed by atoms with Crippen molar-refractivity contribution in [2.45, 2.75) is 45.4 Å². The summed E-state index contributed by atoms with van der Waals surface area (Å²) in [5.41, 5.74) is 0.964. The van der Waals surface area contributed by atoms with Gasteiger partial charge in [0.2, 0.25) is 5.91 Å². The maximum atomic E-state index is 11.6. The molecule has 1 heterocycles. The van der Waals surface area contributed by atoms with Crippen LogP contribution in [0.1, 0.15) is 44.2 Å². The zero-order valence-electron chi connectivity index (χ0n) is 9.75. The lowest BCUT2D eigenvalue weighted by molar-refractivity contribution is -0.116. The normalized spacial score (nSPS) is 16.6. The van der Waals surface area contributed by atoms with E-state index in [0.29, 0.717) is 12.2 Å². The molecule has 2 rings (SSSR count). The van der Waals surface area contributed by atoms with Crippen molar-refractivity contribution in [1.29, 1.82) is 0 Å². The third-order valence-electron chi connectivity index (χ3n) is 3.23. The van der Waals surface area contributed by atoms with Crippen LogP contribution in [0.5, 0.6) is 0 Å². The van der Waals surface area contributed by atoms with Crippen LogP contribution in [0.25, 0.3) is 0 Å². The number of aryl methyl sites for hydroxylation is 1. The molecule has 0 saturated heterocycles. The maximum Gasteiger partial charge on any atom is 0.225 e. The van der Waals surface area contributed by atoms with E-state index >= 15 is 0 Å². The molecular weight excluding hydrogens is 202 g/mol.